The second-order valence-electron chi connectivity index (χ2n) is 4.74. The smallest absolute Gasteiger partial charge is 1.00 e. The minimum atomic E-state index is -0.127. The predicted molar refractivity (Wildman–Crippen MR) is 80.3 cm³/mol. The molecule has 0 bridgehead atoms. The molecule has 0 fully saturated rings. The van der Waals surface area contributed by atoms with E-state index in [0.29, 0.717) is 12.2 Å². The van der Waals surface area contributed by atoms with E-state index in [0.717, 1.165) is 19.3 Å². The molecule has 3 heteroatoms. The van der Waals surface area contributed by atoms with E-state index in [4.69, 9.17) is 4.74 Å². The number of carbonyl (C=O) groups is 1. The van der Waals surface area contributed by atoms with E-state index in [1.165, 1.54) is 25.7 Å². The van der Waals surface area contributed by atoms with Crippen molar-refractivity contribution < 1.29 is 40.5 Å². The molecule has 0 aromatic heterocycles. The van der Waals surface area contributed by atoms with Crippen LogP contribution in [0, 0.1) is 0 Å². The van der Waals surface area contributed by atoms with Crippen molar-refractivity contribution in [3.05, 3.63) is 43.0 Å². The monoisotopic (exact) mass is 284 g/mol. The molecule has 0 spiro atoms. The third-order valence-electron chi connectivity index (χ3n) is 3.01. The van der Waals surface area contributed by atoms with Crippen LogP contribution >= 0.6 is 0 Å². The number of esters is 1. The van der Waals surface area contributed by atoms with Crippen LogP contribution in [0.1, 0.15) is 52.8 Å². The van der Waals surface area contributed by atoms with Gasteiger partial charge in [0.15, 0.2) is 0 Å². The molecule has 0 saturated heterocycles. The SMILES string of the molecule is C=CCCCCCCCCC(=O)Oc1ccccc1.[H-].[Na+]. The number of carbonyl (C=O) groups excluding carboxylic acids is 1. The summed E-state index contributed by atoms with van der Waals surface area (Å²) in [6, 6.07) is 9.25. The number of rotatable bonds is 10. The average Bonchev–Trinajstić information content (AvgIpc) is 2.43. The minimum absolute atomic E-state index is 0. The number of unbranched alkanes of at least 4 members (excludes halogenated alkanes) is 6. The maximum absolute atomic E-state index is 11.6. The van der Waals surface area contributed by atoms with Gasteiger partial charge in [0.2, 0.25) is 0 Å². The molecule has 1 rings (SSSR count). The quantitative estimate of drug-likeness (QED) is 0.216. The van der Waals surface area contributed by atoms with E-state index in [1.807, 2.05) is 24.3 Å². The van der Waals surface area contributed by atoms with Gasteiger partial charge in [-0.05, 0) is 31.4 Å². The van der Waals surface area contributed by atoms with Gasteiger partial charge in [-0.25, -0.2) is 0 Å². The summed E-state index contributed by atoms with van der Waals surface area (Å²) in [5.74, 6) is 0.509. The zero-order valence-electron chi connectivity index (χ0n) is 13.6. The van der Waals surface area contributed by atoms with Crippen molar-refractivity contribution in [3.63, 3.8) is 0 Å². The normalized spacial score (nSPS) is 9.60. The molecule has 0 saturated carbocycles. The molecule has 2 nitrogen and oxygen atoms in total. The Hall–Kier alpha value is -0.570. The zero-order chi connectivity index (χ0) is 13.8. The number of para-hydroxylation sites is 1. The van der Waals surface area contributed by atoms with Gasteiger partial charge in [0.1, 0.15) is 5.75 Å². The molecule has 1 aromatic rings. The molecule has 0 atom stereocenters. The van der Waals surface area contributed by atoms with Crippen molar-refractivity contribution in [1.82, 2.24) is 0 Å². The number of ether oxygens (including phenoxy) is 1. The van der Waals surface area contributed by atoms with Crippen molar-refractivity contribution >= 4 is 5.97 Å². The summed E-state index contributed by atoms with van der Waals surface area (Å²) in [6.07, 6.45) is 10.6. The zero-order valence-corrected chi connectivity index (χ0v) is 14.6. The standard InChI is InChI=1S/C17H24O2.Na.H/c1-2-3-4-5-6-7-8-12-15-17(18)19-16-13-10-9-11-14-16;;/h2,9-11,13-14H,1,3-8,12,15H2;;/q;+1;-1. The van der Waals surface area contributed by atoms with E-state index >= 15 is 0 Å². The first-order chi connectivity index (χ1) is 9.33. The van der Waals surface area contributed by atoms with Gasteiger partial charge in [-0.3, -0.25) is 4.79 Å². The maximum atomic E-state index is 11.6. The van der Waals surface area contributed by atoms with Crippen LogP contribution in [0.5, 0.6) is 5.75 Å². The first-order valence-corrected chi connectivity index (χ1v) is 7.19. The molecule has 0 radical (unpaired) electrons. The number of hydrogen-bond donors (Lipinski definition) is 0. The molecule has 0 N–H and O–H groups in total. The van der Waals surface area contributed by atoms with Gasteiger partial charge >= 0.3 is 35.5 Å². The van der Waals surface area contributed by atoms with Crippen molar-refractivity contribution in [1.29, 1.82) is 0 Å². The Labute approximate surface area is 146 Å². The van der Waals surface area contributed by atoms with Crippen LogP contribution in [0.2, 0.25) is 0 Å². The summed E-state index contributed by atoms with van der Waals surface area (Å²) >= 11 is 0. The molecule has 20 heavy (non-hydrogen) atoms. The van der Waals surface area contributed by atoms with Crippen molar-refractivity contribution in [2.45, 2.75) is 51.4 Å². The first-order valence-electron chi connectivity index (χ1n) is 7.19. The minimum Gasteiger partial charge on any atom is -1.00 e. The Balaban J connectivity index is 0. The maximum Gasteiger partial charge on any atom is 1.00 e. The van der Waals surface area contributed by atoms with Gasteiger partial charge in [0, 0.05) is 6.42 Å². The second kappa shape index (κ2) is 13.4. The van der Waals surface area contributed by atoms with Crippen LogP contribution in [0.4, 0.5) is 0 Å². The summed E-state index contributed by atoms with van der Waals surface area (Å²) in [7, 11) is 0. The summed E-state index contributed by atoms with van der Waals surface area (Å²) in [5, 5.41) is 0. The molecule has 0 aliphatic carbocycles. The van der Waals surface area contributed by atoms with Crippen LogP contribution in [-0.2, 0) is 4.79 Å². The number of benzene rings is 1. The summed E-state index contributed by atoms with van der Waals surface area (Å²) in [4.78, 5) is 11.6. The molecule has 106 valence electrons. The average molecular weight is 284 g/mol. The Morgan fingerprint density at radius 3 is 2.30 bits per heavy atom. The largest absolute Gasteiger partial charge is 1.00 e. The van der Waals surface area contributed by atoms with Gasteiger partial charge in [-0.2, -0.15) is 0 Å². The van der Waals surface area contributed by atoms with E-state index in [2.05, 4.69) is 6.58 Å². The van der Waals surface area contributed by atoms with E-state index < -0.39 is 0 Å². The summed E-state index contributed by atoms with van der Waals surface area (Å²) in [5.41, 5.74) is 0. The number of hydrogen-bond acceptors (Lipinski definition) is 2. The third-order valence-corrected chi connectivity index (χ3v) is 3.01. The Kier molecular flexibility index (Phi) is 13.0. The molecule has 1 aromatic carbocycles. The van der Waals surface area contributed by atoms with Gasteiger partial charge < -0.3 is 6.16 Å². The summed E-state index contributed by atoms with van der Waals surface area (Å²) < 4.78 is 5.22. The van der Waals surface area contributed by atoms with Crippen LogP contribution in [-0.4, -0.2) is 5.97 Å². The van der Waals surface area contributed by atoms with E-state index in [-0.39, 0.29) is 37.0 Å². The molecule has 0 aliphatic heterocycles. The van der Waals surface area contributed by atoms with E-state index in [9.17, 15) is 4.79 Å². The Morgan fingerprint density at radius 1 is 1.05 bits per heavy atom. The van der Waals surface area contributed by atoms with Crippen LogP contribution in [0.25, 0.3) is 0 Å². The van der Waals surface area contributed by atoms with Crippen LogP contribution in [0.3, 0.4) is 0 Å². The molecule has 0 amide bonds. The molecular weight excluding hydrogens is 259 g/mol. The topological polar surface area (TPSA) is 26.3 Å². The van der Waals surface area contributed by atoms with Gasteiger partial charge in [0.05, 0.1) is 0 Å². The van der Waals surface area contributed by atoms with Gasteiger partial charge in [-0.1, -0.05) is 50.0 Å². The van der Waals surface area contributed by atoms with Crippen molar-refractivity contribution in [2.24, 2.45) is 0 Å². The third kappa shape index (κ3) is 10.2. The van der Waals surface area contributed by atoms with Gasteiger partial charge in [0.25, 0.3) is 0 Å². The Bertz CT molecular complexity index is 368. The second-order valence-corrected chi connectivity index (χ2v) is 4.74. The predicted octanol–water partition coefficient (Wildman–Crippen LogP) is 2.02. The van der Waals surface area contributed by atoms with Crippen LogP contribution in [0.15, 0.2) is 43.0 Å². The van der Waals surface area contributed by atoms with Crippen LogP contribution < -0.4 is 34.3 Å². The fourth-order valence-corrected chi connectivity index (χ4v) is 1.94. The fourth-order valence-electron chi connectivity index (χ4n) is 1.94. The molecule has 0 unspecified atom stereocenters. The number of allylic oxidation sites excluding steroid dienone is 1. The summed E-state index contributed by atoms with van der Waals surface area (Å²) in [6.45, 7) is 3.71. The molecular formula is C17H25NaO2. The molecule has 0 aliphatic rings. The van der Waals surface area contributed by atoms with E-state index in [1.54, 1.807) is 12.1 Å². The fraction of sp³-hybridized carbons (Fsp3) is 0.471. The Morgan fingerprint density at radius 2 is 1.65 bits per heavy atom. The van der Waals surface area contributed by atoms with Gasteiger partial charge in [-0.15, -0.1) is 6.58 Å². The molecule has 0 heterocycles. The van der Waals surface area contributed by atoms with Crippen molar-refractivity contribution in [3.8, 4) is 5.75 Å². The van der Waals surface area contributed by atoms with Crippen molar-refractivity contribution in [2.75, 3.05) is 0 Å². The first kappa shape index (κ1) is 19.4.